The van der Waals surface area contributed by atoms with Crippen molar-refractivity contribution in [3.8, 4) is 5.75 Å². The van der Waals surface area contributed by atoms with Crippen LogP contribution in [0, 0.1) is 20.8 Å². The number of benzene rings is 2. The number of nitrogens with one attached hydrogen (secondary N) is 1. The third-order valence-electron chi connectivity index (χ3n) is 4.24. The molecule has 0 aliphatic rings. The zero-order valence-corrected chi connectivity index (χ0v) is 16.8. The molecule has 0 aliphatic carbocycles. The van der Waals surface area contributed by atoms with Gasteiger partial charge in [0, 0.05) is 18.3 Å². The van der Waals surface area contributed by atoms with Gasteiger partial charge < -0.3 is 15.0 Å². The number of nitrogens with zero attached hydrogens (tertiary/aromatic N) is 1. The van der Waals surface area contributed by atoms with Gasteiger partial charge in [0.05, 0.1) is 13.2 Å². The number of hydrogen-bond acceptors (Lipinski definition) is 3. The summed E-state index contributed by atoms with van der Waals surface area (Å²) in [4.78, 5) is 26.3. The van der Waals surface area contributed by atoms with Crippen molar-refractivity contribution in [2.24, 2.45) is 0 Å². The van der Waals surface area contributed by atoms with Crippen LogP contribution in [0.3, 0.4) is 0 Å². The van der Waals surface area contributed by atoms with Gasteiger partial charge in [-0.2, -0.15) is 0 Å². The van der Waals surface area contributed by atoms with Crippen molar-refractivity contribution in [2.45, 2.75) is 34.1 Å². The van der Waals surface area contributed by atoms with Crippen LogP contribution >= 0.6 is 0 Å². The summed E-state index contributed by atoms with van der Waals surface area (Å²) in [5.74, 6) is 0.312. The van der Waals surface area contributed by atoms with Crippen molar-refractivity contribution in [1.29, 1.82) is 0 Å². The van der Waals surface area contributed by atoms with E-state index in [1.807, 2.05) is 39.8 Å². The van der Waals surface area contributed by atoms with E-state index < -0.39 is 0 Å². The van der Waals surface area contributed by atoms with Crippen molar-refractivity contribution < 1.29 is 14.3 Å². The van der Waals surface area contributed by atoms with Gasteiger partial charge >= 0.3 is 0 Å². The fourth-order valence-corrected chi connectivity index (χ4v) is 2.98. The fourth-order valence-electron chi connectivity index (χ4n) is 2.98. The first-order chi connectivity index (χ1) is 12.8. The molecule has 0 fully saturated rings. The molecular weight excluding hydrogens is 340 g/mol. The molecule has 0 aliphatic heterocycles. The number of carbonyl (C=O) groups is 2. The second kappa shape index (κ2) is 9.21. The topological polar surface area (TPSA) is 58.6 Å². The Morgan fingerprint density at radius 2 is 1.63 bits per heavy atom. The Labute approximate surface area is 161 Å². The van der Waals surface area contributed by atoms with Crippen LogP contribution in [0.25, 0.3) is 0 Å². The lowest BCUT2D eigenvalue weighted by atomic mass is 10.1. The van der Waals surface area contributed by atoms with Crippen molar-refractivity contribution in [3.63, 3.8) is 0 Å². The highest BCUT2D eigenvalue weighted by Crippen LogP contribution is 2.22. The zero-order valence-electron chi connectivity index (χ0n) is 16.8. The van der Waals surface area contributed by atoms with Crippen LogP contribution in [0.1, 0.15) is 40.4 Å². The Balaban J connectivity index is 1.98. The Morgan fingerprint density at radius 3 is 2.19 bits per heavy atom. The molecule has 0 spiro atoms. The maximum absolute atomic E-state index is 12.5. The van der Waals surface area contributed by atoms with Gasteiger partial charge in [0.15, 0.2) is 0 Å². The molecule has 0 unspecified atom stereocenters. The summed E-state index contributed by atoms with van der Waals surface area (Å²) in [6, 6.07) is 11.0. The molecule has 2 aromatic rings. The van der Waals surface area contributed by atoms with Crippen LogP contribution in [-0.2, 0) is 4.79 Å². The molecule has 2 amide bonds. The quantitative estimate of drug-likeness (QED) is 0.800. The summed E-state index contributed by atoms with van der Waals surface area (Å²) >= 11 is 0. The van der Waals surface area contributed by atoms with E-state index in [0.717, 1.165) is 34.5 Å². The van der Waals surface area contributed by atoms with E-state index in [1.165, 1.54) is 4.90 Å². The molecule has 0 heterocycles. The van der Waals surface area contributed by atoms with Crippen LogP contribution < -0.4 is 10.1 Å². The van der Waals surface area contributed by atoms with E-state index in [-0.39, 0.29) is 18.4 Å². The van der Waals surface area contributed by atoms with Crippen LogP contribution in [0.15, 0.2) is 36.4 Å². The molecule has 2 rings (SSSR count). The summed E-state index contributed by atoms with van der Waals surface area (Å²) in [7, 11) is 1.62. The first-order valence-electron chi connectivity index (χ1n) is 9.17. The molecule has 27 heavy (non-hydrogen) atoms. The molecule has 5 nitrogen and oxygen atoms in total. The highest BCUT2D eigenvalue weighted by Gasteiger charge is 2.16. The number of rotatable bonds is 7. The van der Waals surface area contributed by atoms with Crippen molar-refractivity contribution in [3.05, 3.63) is 58.7 Å². The molecule has 0 aromatic heterocycles. The molecule has 0 radical (unpaired) electrons. The summed E-state index contributed by atoms with van der Waals surface area (Å²) in [5.41, 5.74) is 4.51. The number of ether oxygens (including phenoxy) is 1. The second-order valence-electron chi connectivity index (χ2n) is 6.86. The average Bonchev–Trinajstić information content (AvgIpc) is 2.62. The van der Waals surface area contributed by atoms with Gasteiger partial charge in [0.2, 0.25) is 5.91 Å². The van der Waals surface area contributed by atoms with Gasteiger partial charge in [-0.1, -0.05) is 24.6 Å². The minimum absolute atomic E-state index is 0.0142. The van der Waals surface area contributed by atoms with Crippen molar-refractivity contribution in [2.75, 3.05) is 25.5 Å². The fraction of sp³-hybridized carbons (Fsp3) is 0.364. The highest BCUT2D eigenvalue weighted by molar-refractivity contribution is 5.99. The SMILES string of the molecule is CCCOc1ccc(C(=O)N(C)CC(=O)Nc2c(C)cc(C)cc2C)cc1. The van der Waals surface area contributed by atoms with E-state index >= 15 is 0 Å². The zero-order chi connectivity index (χ0) is 20.0. The third-order valence-corrected chi connectivity index (χ3v) is 4.24. The van der Waals surface area contributed by atoms with Crippen molar-refractivity contribution in [1.82, 2.24) is 4.90 Å². The molecule has 144 valence electrons. The van der Waals surface area contributed by atoms with E-state index in [2.05, 4.69) is 5.32 Å². The Bertz CT molecular complexity index is 790. The van der Waals surface area contributed by atoms with E-state index in [0.29, 0.717) is 12.2 Å². The molecule has 0 saturated heterocycles. The van der Waals surface area contributed by atoms with Crippen LogP contribution in [0.4, 0.5) is 5.69 Å². The van der Waals surface area contributed by atoms with E-state index in [1.54, 1.807) is 31.3 Å². The standard InChI is InChI=1S/C22H28N2O3/c1-6-11-27-19-9-7-18(8-10-19)22(26)24(5)14-20(25)23-21-16(3)12-15(2)13-17(21)4/h7-10,12-13H,6,11,14H2,1-5H3,(H,23,25). The first-order valence-corrected chi connectivity index (χ1v) is 9.17. The maximum Gasteiger partial charge on any atom is 0.254 e. The number of likely N-dealkylation sites (N-methyl/N-ethyl adjacent to an activating group) is 1. The lowest BCUT2D eigenvalue weighted by Crippen LogP contribution is -2.35. The molecule has 2 aromatic carbocycles. The molecule has 0 atom stereocenters. The number of amides is 2. The Morgan fingerprint density at radius 1 is 1.04 bits per heavy atom. The smallest absolute Gasteiger partial charge is 0.254 e. The van der Waals surface area contributed by atoms with Gasteiger partial charge in [0.25, 0.3) is 5.91 Å². The molecule has 1 N–H and O–H groups in total. The summed E-state index contributed by atoms with van der Waals surface area (Å²) < 4.78 is 5.52. The summed E-state index contributed by atoms with van der Waals surface area (Å²) in [5, 5.41) is 2.92. The first kappa shape index (κ1) is 20.5. The van der Waals surface area contributed by atoms with Gasteiger partial charge in [-0.05, 0) is 62.6 Å². The van der Waals surface area contributed by atoms with Crippen LogP contribution in [0.5, 0.6) is 5.75 Å². The number of hydrogen-bond donors (Lipinski definition) is 1. The number of aryl methyl sites for hydroxylation is 3. The summed E-state index contributed by atoms with van der Waals surface area (Å²) in [6.07, 6.45) is 0.929. The Kier molecular flexibility index (Phi) is 6.99. The predicted molar refractivity (Wildman–Crippen MR) is 108 cm³/mol. The van der Waals surface area contributed by atoms with Crippen LogP contribution in [0.2, 0.25) is 0 Å². The minimum atomic E-state index is -0.219. The monoisotopic (exact) mass is 368 g/mol. The molecule has 0 saturated carbocycles. The largest absolute Gasteiger partial charge is 0.494 e. The third kappa shape index (κ3) is 5.58. The predicted octanol–water partition coefficient (Wildman–Crippen LogP) is 4.11. The van der Waals surface area contributed by atoms with Gasteiger partial charge in [-0.3, -0.25) is 9.59 Å². The second-order valence-corrected chi connectivity index (χ2v) is 6.86. The molecular formula is C22H28N2O3. The van der Waals surface area contributed by atoms with E-state index in [4.69, 9.17) is 4.74 Å². The van der Waals surface area contributed by atoms with Gasteiger partial charge in [-0.25, -0.2) is 0 Å². The molecule has 0 bridgehead atoms. The lowest BCUT2D eigenvalue weighted by Gasteiger charge is -2.18. The maximum atomic E-state index is 12.5. The van der Waals surface area contributed by atoms with Gasteiger partial charge in [-0.15, -0.1) is 0 Å². The summed E-state index contributed by atoms with van der Waals surface area (Å²) in [6.45, 7) is 8.62. The number of anilines is 1. The van der Waals surface area contributed by atoms with Crippen LogP contribution in [-0.4, -0.2) is 36.9 Å². The van der Waals surface area contributed by atoms with Crippen molar-refractivity contribution >= 4 is 17.5 Å². The van der Waals surface area contributed by atoms with E-state index in [9.17, 15) is 9.59 Å². The highest BCUT2D eigenvalue weighted by atomic mass is 16.5. The Hall–Kier alpha value is -2.82. The number of carbonyl (C=O) groups excluding carboxylic acids is 2. The normalized spacial score (nSPS) is 10.4. The van der Waals surface area contributed by atoms with Gasteiger partial charge in [0.1, 0.15) is 5.75 Å². The molecule has 5 heteroatoms. The minimum Gasteiger partial charge on any atom is -0.494 e. The average molecular weight is 368 g/mol. The lowest BCUT2D eigenvalue weighted by molar-refractivity contribution is -0.116.